The summed E-state index contributed by atoms with van der Waals surface area (Å²) in [6, 6.07) is -0.972. The highest BCUT2D eigenvalue weighted by atomic mass is 16.4. The van der Waals surface area contributed by atoms with Gasteiger partial charge in [-0.2, -0.15) is 0 Å². The molecule has 75 heavy (non-hydrogen) atoms. The number of carbonyl (C=O) groups is 8. The van der Waals surface area contributed by atoms with E-state index in [0.29, 0.717) is 51.8 Å². The average molecular weight is 1040 g/mol. The number of hydrogen-bond acceptors (Lipinski definition) is 13. The third-order valence-corrected chi connectivity index (χ3v) is 17.4. The van der Waals surface area contributed by atoms with Gasteiger partial charge < -0.3 is 54.7 Å². The second kappa shape index (κ2) is 22.1. The number of primary amides is 5. The summed E-state index contributed by atoms with van der Waals surface area (Å²) in [6.45, 7) is 15.4. The molecule has 6 rings (SSSR count). The first kappa shape index (κ1) is 57.3. The van der Waals surface area contributed by atoms with Crippen molar-refractivity contribution in [1.29, 1.82) is 0 Å². The van der Waals surface area contributed by atoms with Crippen molar-refractivity contribution in [2.24, 2.45) is 89.0 Å². The topological polar surface area (TPSA) is 389 Å². The molecule has 0 unspecified atom stereocenters. The molecule has 1 saturated heterocycles. The van der Waals surface area contributed by atoms with Crippen molar-refractivity contribution in [3.63, 3.8) is 0 Å². The number of imidazole rings is 1. The Labute approximate surface area is 437 Å². The first-order chi connectivity index (χ1) is 35.0. The fourth-order valence-electron chi connectivity index (χ4n) is 13.2. The number of fused-ring (bicyclic) bond motifs is 6. The molecule has 5 aliphatic rings. The summed E-state index contributed by atoms with van der Waals surface area (Å²) in [7, 11) is 0. The predicted molar refractivity (Wildman–Crippen MR) is 281 cm³/mol. The first-order valence-corrected chi connectivity index (χ1v) is 25.8. The SMILES string of the molecule is C/C1=C2N=C(/C=C3\N/C(=C(/C)C4=N[C@@](C)([C@H]5N=C1[C@](C)(CCC(=O)O)[C@H]5CC(N)=O)[C@@](C)(CC(N)=O)[C@@H]4CCC(=O)NCCNC(=O)CCc1cnc[nH]1)[C@@](C)(CC(N)=O)[C@@H]3CCC(N)=O)C(C)(C)[C@@H]/2CCC(N)=O. The van der Waals surface area contributed by atoms with Crippen molar-refractivity contribution < 1.29 is 43.5 Å². The number of carbonyl (C=O) groups excluding carboxylic acids is 7. The summed E-state index contributed by atoms with van der Waals surface area (Å²) in [6.07, 6.45) is 5.22. The number of rotatable bonds is 24. The van der Waals surface area contributed by atoms with E-state index in [1.807, 2.05) is 61.5 Å². The van der Waals surface area contributed by atoms with Crippen LogP contribution in [0.3, 0.4) is 0 Å². The molecule has 0 aromatic carbocycles. The summed E-state index contributed by atoms with van der Waals surface area (Å²) in [5.74, 6) is -7.27. The molecule has 8 bridgehead atoms. The highest BCUT2D eigenvalue weighted by Gasteiger charge is 2.66. The third-order valence-electron chi connectivity index (χ3n) is 17.4. The van der Waals surface area contributed by atoms with E-state index in [4.69, 9.17) is 43.6 Å². The Morgan fingerprint density at radius 2 is 1.31 bits per heavy atom. The van der Waals surface area contributed by atoms with Crippen molar-refractivity contribution in [3.05, 3.63) is 52.5 Å². The minimum Gasteiger partial charge on any atom is -0.481 e. The molecule has 5 aliphatic heterocycles. The zero-order valence-corrected chi connectivity index (χ0v) is 44.6. The van der Waals surface area contributed by atoms with E-state index in [1.54, 1.807) is 6.20 Å². The van der Waals surface area contributed by atoms with E-state index in [2.05, 4.69) is 25.9 Å². The van der Waals surface area contributed by atoms with E-state index >= 15 is 0 Å². The summed E-state index contributed by atoms with van der Waals surface area (Å²) >= 11 is 0. The van der Waals surface area contributed by atoms with Gasteiger partial charge in [0, 0.05) is 156 Å². The van der Waals surface area contributed by atoms with Gasteiger partial charge in [0.2, 0.25) is 41.4 Å². The number of aliphatic imine (C=N–C) groups is 3. The zero-order valence-electron chi connectivity index (χ0n) is 44.6. The average Bonchev–Trinajstić information content (AvgIpc) is 4.09. The highest BCUT2D eigenvalue weighted by Crippen LogP contribution is 2.62. The first-order valence-electron chi connectivity index (χ1n) is 25.8. The van der Waals surface area contributed by atoms with Crippen LogP contribution in [0.25, 0.3) is 0 Å². The number of aryl methyl sites for hydroxylation is 1. The lowest BCUT2D eigenvalue weighted by Crippen LogP contribution is -2.56. The van der Waals surface area contributed by atoms with E-state index in [0.717, 1.165) is 5.69 Å². The molecule has 0 aliphatic carbocycles. The van der Waals surface area contributed by atoms with Gasteiger partial charge in [-0.05, 0) is 70.1 Å². The number of carboxylic acids is 1. The number of allylic oxidation sites excluding steroid dienone is 6. The van der Waals surface area contributed by atoms with Crippen LogP contribution in [0.15, 0.2) is 61.8 Å². The molecular formula is C53H77N13O9. The molecule has 6 heterocycles. The fourth-order valence-corrected chi connectivity index (χ4v) is 13.2. The number of aromatic nitrogens is 2. The standard InChI is InChI=1S/C53H77N13O9/c1-27-44-31(11-14-37(55)68)49(3,4)35(64-44)22-34-30(10-13-36(54)67)51(6,23-39(57)70)47(63-34)28(2)45-32(12-16-42(73)61-20-19-60-41(72)15-9-29-25-59-26-62-29)52(7,24-40(58)71)53(8,66-45)48-33(21-38(56)69)50(5,46(27)65-48)18-17-43(74)75/h22,25-26,30-33,48,63H,9-21,23-24H2,1-8H3,(H2,54,67)(H2,55,68)(H2,56,69)(H2,57,70)(H2,58,71)(H,59,62)(H,60,72)(H,61,73)(H,74,75)/b34-22-,44-27-,47-28-/t30-,31-,32-,33+,48+,50-,51+,52+,53+/m1/s1. The number of amides is 7. The molecule has 22 heteroatoms. The molecule has 1 aromatic rings. The lowest BCUT2D eigenvalue weighted by molar-refractivity contribution is -0.137. The predicted octanol–water partition coefficient (Wildman–Crippen LogP) is 2.43. The van der Waals surface area contributed by atoms with Crippen LogP contribution in [0.2, 0.25) is 0 Å². The van der Waals surface area contributed by atoms with Gasteiger partial charge in [-0.25, -0.2) is 4.98 Å². The van der Waals surface area contributed by atoms with Crippen LogP contribution in [0.1, 0.15) is 138 Å². The molecule has 7 amide bonds. The summed E-state index contributed by atoms with van der Waals surface area (Å²) < 4.78 is 0. The van der Waals surface area contributed by atoms with Gasteiger partial charge in [0.1, 0.15) is 0 Å². The molecule has 1 fully saturated rings. The minimum atomic E-state index is -1.45. The quantitative estimate of drug-likeness (QED) is 0.0671. The van der Waals surface area contributed by atoms with Gasteiger partial charge >= 0.3 is 5.97 Å². The summed E-state index contributed by atoms with van der Waals surface area (Å²) in [4.78, 5) is 128. The lowest BCUT2D eigenvalue weighted by atomic mass is 9.55. The van der Waals surface area contributed by atoms with Crippen LogP contribution >= 0.6 is 0 Å². The number of nitrogens with one attached hydrogen (secondary N) is 4. The largest absolute Gasteiger partial charge is 0.481 e. The van der Waals surface area contributed by atoms with Crippen LogP contribution in [-0.2, 0) is 44.8 Å². The van der Waals surface area contributed by atoms with Crippen LogP contribution in [-0.4, -0.2) is 104 Å². The van der Waals surface area contributed by atoms with E-state index in [-0.39, 0.29) is 102 Å². The van der Waals surface area contributed by atoms with Crippen LogP contribution in [0.4, 0.5) is 0 Å². The van der Waals surface area contributed by atoms with Crippen molar-refractivity contribution in [2.75, 3.05) is 13.1 Å². The molecule has 22 nitrogen and oxygen atoms in total. The lowest BCUT2D eigenvalue weighted by Gasteiger charge is -2.48. The number of nitrogens with zero attached hydrogens (tertiary/aromatic N) is 4. The Morgan fingerprint density at radius 3 is 1.87 bits per heavy atom. The molecule has 408 valence electrons. The number of nitrogens with two attached hydrogens (primary N) is 5. The molecular weight excluding hydrogens is 963 g/mol. The Hall–Kier alpha value is -7.00. The van der Waals surface area contributed by atoms with Gasteiger partial charge in [0.05, 0.1) is 17.9 Å². The molecule has 0 spiro atoms. The third kappa shape index (κ3) is 11.5. The van der Waals surface area contributed by atoms with Crippen LogP contribution in [0.5, 0.6) is 0 Å². The molecule has 9 atom stereocenters. The van der Waals surface area contributed by atoms with Gasteiger partial charge in [-0.1, -0.05) is 34.6 Å². The van der Waals surface area contributed by atoms with Gasteiger partial charge in [0.25, 0.3) is 0 Å². The highest BCUT2D eigenvalue weighted by molar-refractivity contribution is 6.10. The Kier molecular flexibility index (Phi) is 16.9. The number of carboxylic acid groups (broad SMARTS) is 1. The normalized spacial score (nSPS) is 32.1. The smallest absolute Gasteiger partial charge is 0.303 e. The van der Waals surface area contributed by atoms with Gasteiger partial charge in [-0.15, -0.1) is 0 Å². The molecule has 0 radical (unpaired) electrons. The fraction of sp³-hybridized carbons (Fsp3) is 0.623. The van der Waals surface area contributed by atoms with Crippen LogP contribution < -0.4 is 44.6 Å². The maximum Gasteiger partial charge on any atom is 0.303 e. The van der Waals surface area contributed by atoms with E-state index in [1.165, 1.54) is 6.33 Å². The van der Waals surface area contributed by atoms with Crippen molar-refractivity contribution >= 4 is 64.5 Å². The van der Waals surface area contributed by atoms with Crippen molar-refractivity contribution in [3.8, 4) is 0 Å². The number of aromatic amines is 1. The maximum atomic E-state index is 13.9. The minimum absolute atomic E-state index is 0.00643. The van der Waals surface area contributed by atoms with E-state index < -0.39 is 92.4 Å². The van der Waals surface area contributed by atoms with Crippen molar-refractivity contribution in [2.45, 2.75) is 150 Å². The van der Waals surface area contributed by atoms with E-state index in [9.17, 15) is 43.5 Å². The van der Waals surface area contributed by atoms with Gasteiger partial charge in [-0.3, -0.25) is 53.3 Å². The van der Waals surface area contributed by atoms with Crippen LogP contribution in [0, 0.1) is 45.3 Å². The summed E-state index contributed by atoms with van der Waals surface area (Å²) in [5, 5.41) is 19.6. The van der Waals surface area contributed by atoms with Crippen molar-refractivity contribution in [1.82, 2.24) is 25.9 Å². The Balaban J connectivity index is 1.60. The molecule has 0 saturated carbocycles. The number of aliphatic carboxylic acids is 1. The summed E-state index contributed by atoms with van der Waals surface area (Å²) in [5.41, 5.74) is 29.5. The second-order valence-electron chi connectivity index (χ2n) is 22.7. The monoisotopic (exact) mass is 1040 g/mol. The molecule has 1 aromatic heterocycles. The maximum absolute atomic E-state index is 13.9. The number of H-pyrrole nitrogens is 1. The van der Waals surface area contributed by atoms with Gasteiger partial charge in [0.15, 0.2) is 0 Å². The zero-order chi connectivity index (χ0) is 55.6. The number of hydrogen-bond donors (Lipinski definition) is 10. The Morgan fingerprint density at radius 1 is 0.707 bits per heavy atom. The second-order valence-corrected chi connectivity index (χ2v) is 22.7. The Bertz CT molecular complexity index is 2700. The molecule has 15 N–H and O–H groups in total.